The van der Waals surface area contributed by atoms with Gasteiger partial charge in [-0.15, -0.1) is 0 Å². The van der Waals surface area contributed by atoms with E-state index in [-0.39, 0.29) is 6.10 Å². The van der Waals surface area contributed by atoms with Crippen molar-refractivity contribution in [3.8, 4) is 23.3 Å². The van der Waals surface area contributed by atoms with Crippen molar-refractivity contribution >= 4 is 0 Å². The maximum Gasteiger partial charge on any atom is 0.124 e. The molecule has 2 N–H and O–H groups in total. The van der Waals surface area contributed by atoms with E-state index >= 15 is 0 Å². The Morgan fingerprint density at radius 1 is 1.00 bits per heavy atom. The Morgan fingerprint density at radius 2 is 1.64 bits per heavy atom. The van der Waals surface area contributed by atoms with Crippen LogP contribution in [-0.2, 0) is 6.54 Å². The average Bonchev–Trinajstić information content (AvgIpc) is 2.54. The molecule has 0 aliphatic carbocycles. The third kappa shape index (κ3) is 4.28. The SMILES string of the molecule is COc1ccc(C#Cc2ccc(OC(C)C)c(CN)c2)cc1. The van der Waals surface area contributed by atoms with Crippen molar-refractivity contribution in [2.75, 3.05) is 7.11 Å². The molecule has 0 radical (unpaired) electrons. The second-order valence-corrected chi connectivity index (χ2v) is 5.17. The van der Waals surface area contributed by atoms with Crippen LogP contribution in [0.3, 0.4) is 0 Å². The number of ether oxygens (including phenoxy) is 2. The lowest BCUT2D eigenvalue weighted by Gasteiger charge is -2.13. The summed E-state index contributed by atoms with van der Waals surface area (Å²) in [4.78, 5) is 0. The van der Waals surface area contributed by atoms with E-state index in [0.29, 0.717) is 6.54 Å². The van der Waals surface area contributed by atoms with Crippen LogP contribution in [0, 0.1) is 11.8 Å². The fraction of sp³-hybridized carbons (Fsp3) is 0.263. The normalized spacial score (nSPS) is 10.0. The van der Waals surface area contributed by atoms with E-state index in [9.17, 15) is 0 Å². The third-order valence-corrected chi connectivity index (χ3v) is 3.08. The molecule has 0 fully saturated rings. The van der Waals surface area contributed by atoms with Crippen molar-refractivity contribution in [2.45, 2.75) is 26.5 Å². The largest absolute Gasteiger partial charge is 0.497 e. The summed E-state index contributed by atoms with van der Waals surface area (Å²) < 4.78 is 10.9. The molecular formula is C19H21NO2. The molecule has 2 rings (SSSR count). The van der Waals surface area contributed by atoms with Crippen LogP contribution in [0.25, 0.3) is 0 Å². The van der Waals surface area contributed by atoms with Gasteiger partial charge in [-0.1, -0.05) is 11.8 Å². The molecule has 2 aromatic carbocycles. The van der Waals surface area contributed by atoms with Crippen LogP contribution in [0.1, 0.15) is 30.5 Å². The molecular weight excluding hydrogens is 274 g/mol. The number of hydrogen-bond donors (Lipinski definition) is 1. The van der Waals surface area contributed by atoms with E-state index in [4.69, 9.17) is 15.2 Å². The van der Waals surface area contributed by atoms with Gasteiger partial charge in [0.2, 0.25) is 0 Å². The molecule has 2 aromatic rings. The van der Waals surface area contributed by atoms with Crippen LogP contribution in [0.2, 0.25) is 0 Å². The Hall–Kier alpha value is -2.44. The number of benzene rings is 2. The quantitative estimate of drug-likeness (QED) is 0.880. The fourth-order valence-corrected chi connectivity index (χ4v) is 2.00. The van der Waals surface area contributed by atoms with Gasteiger partial charge in [0, 0.05) is 23.2 Å². The lowest BCUT2D eigenvalue weighted by molar-refractivity contribution is 0.240. The minimum atomic E-state index is 0.126. The van der Waals surface area contributed by atoms with Crippen LogP contribution < -0.4 is 15.2 Å². The molecule has 3 nitrogen and oxygen atoms in total. The maximum absolute atomic E-state index is 5.79. The van der Waals surface area contributed by atoms with E-state index < -0.39 is 0 Å². The van der Waals surface area contributed by atoms with E-state index in [1.54, 1.807) is 7.11 Å². The summed E-state index contributed by atoms with van der Waals surface area (Å²) in [5.41, 5.74) is 8.63. The first-order chi connectivity index (χ1) is 10.6. The summed E-state index contributed by atoms with van der Waals surface area (Å²) in [6, 6.07) is 13.5. The van der Waals surface area contributed by atoms with E-state index in [2.05, 4.69) is 11.8 Å². The topological polar surface area (TPSA) is 44.5 Å². The Balaban J connectivity index is 2.21. The number of hydrogen-bond acceptors (Lipinski definition) is 3. The summed E-state index contributed by atoms with van der Waals surface area (Å²) in [5, 5.41) is 0. The zero-order valence-electron chi connectivity index (χ0n) is 13.2. The molecule has 0 aliphatic rings. The predicted octanol–water partition coefficient (Wildman–Crippen LogP) is 3.34. The highest BCUT2D eigenvalue weighted by Gasteiger charge is 2.05. The molecule has 0 aromatic heterocycles. The van der Waals surface area contributed by atoms with Gasteiger partial charge in [-0.05, 0) is 56.3 Å². The standard InChI is InChI=1S/C19H21NO2/c1-14(2)22-19-11-8-16(12-17(19)13-20)5-4-15-6-9-18(21-3)10-7-15/h6-12,14H,13,20H2,1-3H3. The van der Waals surface area contributed by atoms with Crippen molar-refractivity contribution in [1.29, 1.82) is 0 Å². The van der Waals surface area contributed by atoms with Gasteiger partial charge in [0.15, 0.2) is 0 Å². The predicted molar refractivity (Wildman–Crippen MR) is 89.1 cm³/mol. The highest BCUT2D eigenvalue weighted by atomic mass is 16.5. The molecule has 114 valence electrons. The second-order valence-electron chi connectivity index (χ2n) is 5.17. The van der Waals surface area contributed by atoms with Crippen LogP contribution in [0.5, 0.6) is 11.5 Å². The molecule has 0 saturated heterocycles. The highest BCUT2D eigenvalue weighted by molar-refractivity contribution is 5.48. The molecule has 0 bridgehead atoms. The molecule has 22 heavy (non-hydrogen) atoms. The van der Waals surface area contributed by atoms with Crippen LogP contribution in [0.4, 0.5) is 0 Å². The molecule has 0 saturated carbocycles. The van der Waals surface area contributed by atoms with Gasteiger partial charge in [-0.25, -0.2) is 0 Å². The molecule has 0 spiro atoms. The Kier molecular flexibility index (Phi) is 5.46. The minimum Gasteiger partial charge on any atom is -0.497 e. The molecule has 0 unspecified atom stereocenters. The summed E-state index contributed by atoms with van der Waals surface area (Å²) in [7, 11) is 1.65. The lowest BCUT2D eigenvalue weighted by atomic mass is 10.1. The smallest absolute Gasteiger partial charge is 0.124 e. The monoisotopic (exact) mass is 295 g/mol. The molecule has 0 amide bonds. The lowest BCUT2D eigenvalue weighted by Crippen LogP contribution is -2.09. The van der Waals surface area contributed by atoms with Gasteiger partial charge in [0.05, 0.1) is 13.2 Å². The van der Waals surface area contributed by atoms with Crippen molar-refractivity contribution in [2.24, 2.45) is 5.73 Å². The zero-order chi connectivity index (χ0) is 15.9. The Labute approximate surface area is 132 Å². The van der Waals surface area contributed by atoms with Gasteiger partial charge in [0.1, 0.15) is 11.5 Å². The van der Waals surface area contributed by atoms with Gasteiger partial charge in [-0.3, -0.25) is 0 Å². The van der Waals surface area contributed by atoms with Gasteiger partial charge in [0.25, 0.3) is 0 Å². The fourth-order valence-electron chi connectivity index (χ4n) is 2.00. The number of rotatable bonds is 4. The first kappa shape index (κ1) is 15.9. The molecule has 0 atom stereocenters. The molecule has 0 heterocycles. The first-order valence-electron chi connectivity index (χ1n) is 7.28. The number of nitrogens with two attached hydrogens (primary N) is 1. The van der Waals surface area contributed by atoms with E-state index in [1.165, 1.54) is 0 Å². The maximum atomic E-state index is 5.79. The van der Waals surface area contributed by atoms with E-state index in [0.717, 1.165) is 28.2 Å². The van der Waals surface area contributed by atoms with Crippen LogP contribution in [0.15, 0.2) is 42.5 Å². The number of methoxy groups -OCH3 is 1. The summed E-state index contributed by atoms with van der Waals surface area (Å²) >= 11 is 0. The van der Waals surface area contributed by atoms with Crippen molar-refractivity contribution in [1.82, 2.24) is 0 Å². The van der Waals surface area contributed by atoms with Crippen LogP contribution >= 0.6 is 0 Å². The van der Waals surface area contributed by atoms with Crippen molar-refractivity contribution < 1.29 is 9.47 Å². The van der Waals surface area contributed by atoms with Crippen LogP contribution in [-0.4, -0.2) is 13.2 Å². The first-order valence-corrected chi connectivity index (χ1v) is 7.28. The van der Waals surface area contributed by atoms with Gasteiger partial charge >= 0.3 is 0 Å². The van der Waals surface area contributed by atoms with Crippen molar-refractivity contribution in [3.05, 3.63) is 59.2 Å². The Morgan fingerprint density at radius 3 is 2.23 bits per heavy atom. The Bertz CT molecular complexity index is 679. The van der Waals surface area contributed by atoms with Gasteiger partial charge in [-0.2, -0.15) is 0 Å². The third-order valence-electron chi connectivity index (χ3n) is 3.08. The van der Waals surface area contributed by atoms with E-state index in [1.807, 2.05) is 56.3 Å². The summed E-state index contributed by atoms with van der Waals surface area (Å²) in [6.45, 7) is 4.43. The highest BCUT2D eigenvalue weighted by Crippen LogP contribution is 2.21. The van der Waals surface area contributed by atoms with Gasteiger partial charge < -0.3 is 15.2 Å². The molecule has 3 heteroatoms. The van der Waals surface area contributed by atoms with Crippen molar-refractivity contribution in [3.63, 3.8) is 0 Å². The summed E-state index contributed by atoms with van der Waals surface area (Å²) in [6.07, 6.45) is 0.126. The minimum absolute atomic E-state index is 0.126. The second kappa shape index (κ2) is 7.53. The average molecular weight is 295 g/mol. The zero-order valence-corrected chi connectivity index (χ0v) is 13.2. The summed E-state index contributed by atoms with van der Waals surface area (Å²) in [5.74, 6) is 7.94. The molecule has 0 aliphatic heterocycles.